The molecule has 0 saturated heterocycles. The van der Waals surface area contributed by atoms with Crippen molar-refractivity contribution in [2.75, 3.05) is 5.32 Å². The maximum absolute atomic E-state index is 12.6. The van der Waals surface area contributed by atoms with Gasteiger partial charge in [0.05, 0.1) is 16.7 Å². The molecule has 0 aliphatic heterocycles. The monoisotopic (exact) mass is 497 g/mol. The predicted molar refractivity (Wildman–Crippen MR) is 134 cm³/mol. The second-order valence-electron chi connectivity index (χ2n) is 10.6. The van der Waals surface area contributed by atoms with Crippen LogP contribution in [0.4, 0.5) is 24.8 Å². The predicted octanol–water partition coefficient (Wildman–Crippen LogP) is 7.47. The third kappa shape index (κ3) is 5.05. The van der Waals surface area contributed by atoms with Crippen LogP contribution in [0, 0.1) is 11.3 Å². The molecule has 2 unspecified atom stereocenters. The number of alkyl halides is 3. The van der Waals surface area contributed by atoms with Gasteiger partial charge in [-0.3, -0.25) is 4.68 Å². The van der Waals surface area contributed by atoms with Gasteiger partial charge in [-0.15, -0.1) is 13.2 Å². The van der Waals surface area contributed by atoms with E-state index < -0.39 is 6.36 Å². The number of nitrogens with zero attached hydrogens (tertiary/aromatic N) is 4. The van der Waals surface area contributed by atoms with Crippen molar-refractivity contribution in [2.45, 2.75) is 52.4 Å². The topological polar surface area (TPSA) is 56.9 Å². The van der Waals surface area contributed by atoms with E-state index >= 15 is 0 Å². The van der Waals surface area contributed by atoms with E-state index in [1.54, 1.807) is 18.3 Å². The molecule has 5 rings (SSSR count). The highest BCUT2D eigenvalue weighted by molar-refractivity contribution is 5.84. The first kappa shape index (κ1) is 24.2. The van der Waals surface area contributed by atoms with Crippen LogP contribution in [-0.4, -0.2) is 25.7 Å². The fourth-order valence-electron chi connectivity index (χ4n) is 5.73. The zero-order valence-electron chi connectivity index (χ0n) is 20.8. The number of benzene rings is 2. The SMILES string of the molecule is CC1CC(n2c(Nc3ccc(OC(F)(F)F)cc3)nc3cc(-c4ccnn4C)ccc32)CC(C)(C)C1. The number of hydrogen-bond donors (Lipinski definition) is 1. The molecule has 1 aliphatic rings. The van der Waals surface area contributed by atoms with Crippen LogP contribution in [0.2, 0.25) is 0 Å². The number of halogens is 3. The first-order chi connectivity index (χ1) is 17.0. The molecule has 2 aromatic heterocycles. The number of hydrogen-bond acceptors (Lipinski definition) is 4. The second-order valence-corrected chi connectivity index (χ2v) is 10.6. The minimum absolute atomic E-state index is 0.196. The minimum atomic E-state index is -4.72. The fraction of sp³-hybridized carbons (Fsp3) is 0.407. The van der Waals surface area contributed by atoms with E-state index in [-0.39, 0.29) is 17.2 Å². The van der Waals surface area contributed by atoms with Gasteiger partial charge in [0.1, 0.15) is 5.75 Å². The summed E-state index contributed by atoms with van der Waals surface area (Å²) in [5.74, 6) is 0.980. The number of imidazole rings is 1. The van der Waals surface area contributed by atoms with Crippen molar-refractivity contribution in [2.24, 2.45) is 18.4 Å². The van der Waals surface area contributed by atoms with Crippen molar-refractivity contribution >= 4 is 22.7 Å². The van der Waals surface area contributed by atoms with E-state index in [0.717, 1.165) is 35.1 Å². The van der Waals surface area contributed by atoms with Crippen LogP contribution in [0.5, 0.6) is 5.75 Å². The Hall–Kier alpha value is -3.49. The molecule has 2 aromatic carbocycles. The molecule has 2 heterocycles. The Labute approximate surface area is 208 Å². The molecule has 4 aromatic rings. The van der Waals surface area contributed by atoms with Crippen LogP contribution in [-0.2, 0) is 7.05 Å². The normalized spacial score (nSPS) is 20.0. The molecule has 2 atom stereocenters. The summed E-state index contributed by atoms with van der Waals surface area (Å²) < 4.78 is 45.8. The molecule has 1 saturated carbocycles. The van der Waals surface area contributed by atoms with Gasteiger partial charge in [0, 0.05) is 30.5 Å². The van der Waals surface area contributed by atoms with Gasteiger partial charge in [-0.1, -0.05) is 26.8 Å². The van der Waals surface area contributed by atoms with Crippen molar-refractivity contribution in [3.05, 3.63) is 54.7 Å². The van der Waals surface area contributed by atoms with Crippen LogP contribution in [0.15, 0.2) is 54.7 Å². The summed E-state index contributed by atoms with van der Waals surface area (Å²) >= 11 is 0. The van der Waals surface area contributed by atoms with Crippen molar-refractivity contribution in [3.8, 4) is 17.0 Å². The van der Waals surface area contributed by atoms with Crippen molar-refractivity contribution < 1.29 is 17.9 Å². The average Bonchev–Trinajstić information content (AvgIpc) is 3.35. The molecule has 6 nitrogen and oxygen atoms in total. The lowest BCUT2D eigenvalue weighted by molar-refractivity contribution is -0.274. The lowest BCUT2D eigenvalue weighted by Crippen LogP contribution is -2.29. The van der Waals surface area contributed by atoms with Gasteiger partial charge in [0.2, 0.25) is 5.95 Å². The van der Waals surface area contributed by atoms with Gasteiger partial charge < -0.3 is 14.6 Å². The molecule has 0 spiro atoms. The lowest BCUT2D eigenvalue weighted by atomic mass is 9.70. The number of ether oxygens (including phenoxy) is 1. The van der Waals surface area contributed by atoms with Gasteiger partial charge in [-0.2, -0.15) is 5.10 Å². The summed E-state index contributed by atoms with van der Waals surface area (Å²) in [4.78, 5) is 4.95. The highest BCUT2D eigenvalue weighted by atomic mass is 19.4. The van der Waals surface area contributed by atoms with Crippen molar-refractivity contribution in [3.63, 3.8) is 0 Å². The fourth-order valence-corrected chi connectivity index (χ4v) is 5.73. The smallest absolute Gasteiger partial charge is 0.406 e. The van der Waals surface area contributed by atoms with E-state index in [2.05, 4.69) is 58.7 Å². The highest BCUT2D eigenvalue weighted by Crippen LogP contribution is 2.46. The standard InChI is InChI=1S/C27H30F3N5O/c1-17-13-20(16-26(2,3)15-17)35-24-10-5-18(23-11-12-31-34(23)4)14-22(24)33-25(35)32-19-6-8-21(9-7-19)36-27(28,29)30/h5-12,14,17,20H,13,15-16H2,1-4H3,(H,32,33). The van der Waals surface area contributed by atoms with Gasteiger partial charge >= 0.3 is 6.36 Å². The van der Waals surface area contributed by atoms with Crippen molar-refractivity contribution in [1.29, 1.82) is 0 Å². The Bertz CT molecular complexity index is 1370. The zero-order valence-corrected chi connectivity index (χ0v) is 20.8. The number of fused-ring (bicyclic) bond motifs is 1. The molecule has 190 valence electrons. The van der Waals surface area contributed by atoms with Gasteiger partial charge in [0.15, 0.2) is 0 Å². The van der Waals surface area contributed by atoms with Crippen LogP contribution in [0.25, 0.3) is 22.3 Å². The molecule has 0 amide bonds. The van der Waals surface area contributed by atoms with Gasteiger partial charge in [-0.05, 0) is 73.1 Å². The molecular weight excluding hydrogens is 467 g/mol. The number of anilines is 2. The van der Waals surface area contributed by atoms with E-state index in [1.165, 1.54) is 18.6 Å². The van der Waals surface area contributed by atoms with E-state index in [1.807, 2.05) is 17.8 Å². The van der Waals surface area contributed by atoms with Crippen LogP contribution in [0.3, 0.4) is 0 Å². The summed E-state index contributed by atoms with van der Waals surface area (Å²) in [6.45, 7) is 6.91. The second kappa shape index (κ2) is 8.87. The molecule has 36 heavy (non-hydrogen) atoms. The molecule has 1 N–H and O–H groups in total. The molecule has 0 bridgehead atoms. The summed E-state index contributed by atoms with van der Waals surface area (Å²) in [6, 6.07) is 14.2. The highest BCUT2D eigenvalue weighted by Gasteiger charge is 2.35. The van der Waals surface area contributed by atoms with E-state index in [4.69, 9.17) is 4.98 Å². The quantitative estimate of drug-likeness (QED) is 0.311. The summed E-state index contributed by atoms with van der Waals surface area (Å²) in [5.41, 5.74) is 4.72. The van der Waals surface area contributed by atoms with Crippen LogP contribution < -0.4 is 10.1 Å². The number of rotatable bonds is 5. The number of aryl methyl sites for hydroxylation is 1. The minimum Gasteiger partial charge on any atom is -0.406 e. The average molecular weight is 498 g/mol. The molecule has 1 fully saturated rings. The Balaban J connectivity index is 1.55. The Morgan fingerprint density at radius 3 is 2.44 bits per heavy atom. The Kier molecular flexibility index (Phi) is 5.97. The summed E-state index contributed by atoms with van der Waals surface area (Å²) in [7, 11) is 1.91. The maximum atomic E-state index is 12.6. The van der Waals surface area contributed by atoms with Crippen LogP contribution in [0.1, 0.15) is 46.1 Å². The van der Waals surface area contributed by atoms with E-state index in [9.17, 15) is 13.2 Å². The number of nitrogens with one attached hydrogen (secondary N) is 1. The molecule has 9 heteroatoms. The van der Waals surface area contributed by atoms with Gasteiger partial charge in [0.25, 0.3) is 0 Å². The Morgan fingerprint density at radius 1 is 1.06 bits per heavy atom. The third-order valence-corrected chi connectivity index (χ3v) is 6.88. The molecule has 1 aliphatic carbocycles. The largest absolute Gasteiger partial charge is 0.573 e. The van der Waals surface area contributed by atoms with Crippen LogP contribution >= 0.6 is 0 Å². The maximum Gasteiger partial charge on any atom is 0.573 e. The van der Waals surface area contributed by atoms with Crippen molar-refractivity contribution in [1.82, 2.24) is 19.3 Å². The third-order valence-electron chi connectivity index (χ3n) is 6.88. The lowest BCUT2D eigenvalue weighted by Gasteiger charge is -2.40. The summed E-state index contributed by atoms with van der Waals surface area (Å²) in [6.07, 6.45) is 0.261. The molecule has 0 radical (unpaired) electrons. The van der Waals surface area contributed by atoms with E-state index in [0.29, 0.717) is 17.6 Å². The first-order valence-electron chi connectivity index (χ1n) is 12.1. The Morgan fingerprint density at radius 2 is 1.81 bits per heavy atom. The first-order valence-corrected chi connectivity index (χ1v) is 12.1. The zero-order chi connectivity index (χ0) is 25.7. The number of aromatic nitrogens is 4. The summed E-state index contributed by atoms with van der Waals surface area (Å²) in [5, 5.41) is 7.63. The van der Waals surface area contributed by atoms with Gasteiger partial charge in [-0.25, -0.2) is 4.98 Å². The molecular formula is C27H30F3N5O.